The summed E-state index contributed by atoms with van der Waals surface area (Å²) in [4.78, 5) is 10.8. The van der Waals surface area contributed by atoms with E-state index in [0.29, 0.717) is 22.4 Å². The third-order valence-electron chi connectivity index (χ3n) is 2.73. The highest BCUT2D eigenvalue weighted by Crippen LogP contribution is 2.30. The topological polar surface area (TPSA) is 66.8 Å². The first-order chi connectivity index (χ1) is 9.60. The summed E-state index contributed by atoms with van der Waals surface area (Å²) in [6.45, 7) is 0.113. The standard InChI is InChI=1S/C15H13BrO4/c16-13-9-11(15(18)19)3-6-14(13)20-12-4-1-10(2-5-12)7-8-17/h1-6,9,17H,7-8H2,(H,18,19). The Balaban J connectivity index is 2.15. The summed E-state index contributed by atoms with van der Waals surface area (Å²) >= 11 is 3.29. The second-order valence-electron chi connectivity index (χ2n) is 4.17. The van der Waals surface area contributed by atoms with Crippen LogP contribution in [0.2, 0.25) is 0 Å². The van der Waals surface area contributed by atoms with Crippen LogP contribution in [0.15, 0.2) is 46.9 Å². The molecule has 0 aromatic heterocycles. The molecule has 104 valence electrons. The average molecular weight is 337 g/mol. The predicted octanol–water partition coefficient (Wildman–Crippen LogP) is 3.47. The van der Waals surface area contributed by atoms with Gasteiger partial charge >= 0.3 is 5.97 Å². The van der Waals surface area contributed by atoms with E-state index >= 15 is 0 Å². The van der Waals surface area contributed by atoms with E-state index < -0.39 is 5.97 Å². The van der Waals surface area contributed by atoms with Gasteiger partial charge in [0.25, 0.3) is 0 Å². The molecular weight excluding hydrogens is 324 g/mol. The van der Waals surface area contributed by atoms with Crippen molar-refractivity contribution in [1.82, 2.24) is 0 Å². The number of aliphatic hydroxyl groups is 1. The van der Waals surface area contributed by atoms with Gasteiger partial charge in [-0.15, -0.1) is 0 Å². The predicted molar refractivity (Wildman–Crippen MR) is 78.4 cm³/mol. The van der Waals surface area contributed by atoms with Crippen molar-refractivity contribution in [3.63, 3.8) is 0 Å². The minimum Gasteiger partial charge on any atom is -0.478 e. The smallest absolute Gasteiger partial charge is 0.335 e. The Labute approximate surface area is 124 Å². The van der Waals surface area contributed by atoms with Crippen molar-refractivity contribution in [3.8, 4) is 11.5 Å². The van der Waals surface area contributed by atoms with Crippen LogP contribution in [0.25, 0.3) is 0 Å². The number of hydrogen-bond acceptors (Lipinski definition) is 3. The van der Waals surface area contributed by atoms with Gasteiger partial charge in [-0.2, -0.15) is 0 Å². The molecule has 0 saturated heterocycles. The van der Waals surface area contributed by atoms with Crippen LogP contribution < -0.4 is 4.74 Å². The molecule has 0 atom stereocenters. The van der Waals surface area contributed by atoms with Gasteiger partial charge in [0, 0.05) is 6.61 Å². The lowest BCUT2D eigenvalue weighted by Crippen LogP contribution is -1.96. The third kappa shape index (κ3) is 3.59. The van der Waals surface area contributed by atoms with Crippen LogP contribution in [0.5, 0.6) is 11.5 Å². The van der Waals surface area contributed by atoms with Crippen molar-refractivity contribution in [2.45, 2.75) is 6.42 Å². The Bertz CT molecular complexity index is 608. The van der Waals surface area contributed by atoms with Crippen molar-refractivity contribution in [3.05, 3.63) is 58.1 Å². The maximum absolute atomic E-state index is 10.8. The normalized spacial score (nSPS) is 10.3. The monoisotopic (exact) mass is 336 g/mol. The second-order valence-corrected chi connectivity index (χ2v) is 5.02. The van der Waals surface area contributed by atoms with Gasteiger partial charge in [0.1, 0.15) is 11.5 Å². The van der Waals surface area contributed by atoms with E-state index in [-0.39, 0.29) is 12.2 Å². The number of ether oxygens (including phenoxy) is 1. The molecule has 20 heavy (non-hydrogen) atoms. The number of aliphatic hydroxyl groups excluding tert-OH is 1. The largest absolute Gasteiger partial charge is 0.478 e. The van der Waals surface area contributed by atoms with E-state index in [1.165, 1.54) is 12.1 Å². The molecule has 0 saturated carbocycles. The molecule has 2 N–H and O–H groups in total. The molecule has 4 nitrogen and oxygen atoms in total. The van der Waals surface area contributed by atoms with Crippen LogP contribution in [-0.2, 0) is 6.42 Å². The first-order valence-electron chi connectivity index (χ1n) is 6.00. The highest BCUT2D eigenvalue weighted by atomic mass is 79.9. The summed E-state index contributed by atoms with van der Waals surface area (Å²) in [5.41, 5.74) is 1.22. The molecule has 0 spiro atoms. The number of rotatable bonds is 5. The van der Waals surface area contributed by atoms with Crippen molar-refractivity contribution in [2.75, 3.05) is 6.61 Å². The number of carboxylic acid groups (broad SMARTS) is 1. The van der Waals surface area contributed by atoms with E-state index in [0.717, 1.165) is 5.56 Å². The highest BCUT2D eigenvalue weighted by molar-refractivity contribution is 9.10. The van der Waals surface area contributed by atoms with Crippen LogP contribution >= 0.6 is 15.9 Å². The van der Waals surface area contributed by atoms with E-state index in [9.17, 15) is 4.79 Å². The molecule has 2 rings (SSSR count). The van der Waals surface area contributed by atoms with Gasteiger partial charge in [-0.1, -0.05) is 12.1 Å². The zero-order valence-corrected chi connectivity index (χ0v) is 12.1. The Kier molecular flexibility index (Phi) is 4.76. The summed E-state index contributed by atoms with van der Waals surface area (Å²) < 4.78 is 6.26. The summed E-state index contributed by atoms with van der Waals surface area (Å²) in [7, 11) is 0. The van der Waals surface area contributed by atoms with Crippen LogP contribution in [0.1, 0.15) is 15.9 Å². The maximum Gasteiger partial charge on any atom is 0.335 e. The number of aromatic carboxylic acids is 1. The Hall–Kier alpha value is -1.85. The van der Waals surface area contributed by atoms with Gasteiger partial charge in [0.15, 0.2) is 0 Å². The molecule has 0 amide bonds. The number of benzene rings is 2. The van der Waals surface area contributed by atoms with Crippen LogP contribution in [-0.4, -0.2) is 22.8 Å². The fourth-order valence-electron chi connectivity index (χ4n) is 1.70. The molecule has 0 radical (unpaired) electrons. The molecule has 0 aliphatic carbocycles. The summed E-state index contributed by atoms with van der Waals surface area (Å²) in [5, 5.41) is 17.7. The molecule has 0 fully saturated rings. The van der Waals surface area contributed by atoms with Gasteiger partial charge in [-0.05, 0) is 58.2 Å². The first-order valence-corrected chi connectivity index (χ1v) is 6.80. The Morgan fingerprint density at radius 3 is 2.40 bits per heavy atom. The van der Waals surface area contributed by atoms with Crippen LogP contribution in [0.3, 0.4) is 0 Å². The quantitative estimate of drug-likeness (QED) is 0.877. The molecule has 0 unspecified atom stereocenters. The molecule has 5 heteroatoms. The van der Waals surface area contributed by atoms with E-state index in [1.807, 2.05) is 24.3 Å². The fourth-order valence-corrected chi connectivity index (χ4v) is 2.16. The minimum atomic E-state index is -0.981. The zero-order chi connectivity index (χ0) is 14.5. The Morgan fingerprint density at radius 1 is 1.15 bits per heavy atom. The number of carboxylic acids is 1. The lowest BCUT2D eigenvalue weighted by molar-refractivity contribution is 0.0697. The molecule has 0 aliphatic rings. The van der Waals surface area contributed by atoms with Crippen molar-refractivity contribution < 1.29 is 19.7 Å². The second kappa shape index (κ2) is 6.54. The average Bonchev–Trinajstić information content (AvgIpc) is 2.43. The van der Waals surface area contributed by atoms with Gasteiger partial charge in [-0.3, -0.25) is 0 Å². The van der Waals surface area contributed by atoms with Crippen molar-refractivity contribution >= 4 is 21.9 Å². The van der Waals surface area contributed by atoms with Gasteiger partial charge in [0.05, 0.1) is 10.0 Å². The lowest BCUT2D eigenvalue weighted by atomic mass is 10.1. The summed E-state index contributed by atoms with van der Waals surface area (Å²) in [6.07, 6.45) is 0.608. The molecular formula is C15H13BrO4. The molecule has 0 bridgehead atoms. The number of halogens is 1. The summed E-state index contributed by atoms with van der Waals surface area (Å²) in [6, 6.07) is 12.0. The number of hydrogen-bond donors (Lipinski definition) is 2. The maximum atomic E-state index is 10.8. The number of carbonyl (C=O) groups is 1. The molecule has 0 heterocycles. The Morgan fingerprint density at radius 2 is 1.85 bits per heavy atom. The van der Waals surface area contributed by atoms with Gasteiger partial charge < -0.3 is 14.9 Å². The van der Waals surface area contributed by atoms with Gasteiger partial charge in [-0.25, -0.2) is 4.79 Å². The first kappa shape index (κ1) is 14.6. The van der Waals surface area contributed by atoms with Gasteiger partial charge in [0.2, 0.25) is 0 Å². The van der Waals surface area contributed by atoms with Crippen LogP contribution in [0, 0.1) is 0 Å². The van der Waals surface area contributed by atoms with E-state index in [4.69, 9.17) is 14.9 Å². The zero-order valence-electron chi connectivity index (χ0n) is 10.5. The van der Waals surface area contributed by atoms with Crippen molar-refractivity contribution in [2.24, 2.45) is 0 Å². The van der Waals surface area contributed by atoms with Crippen LogP contribution in [0.4, 0.5) is 0 Å². The minimum absolute atomic E-state index is 0.113. The molecule has 2 aromatic rings. The SMILES string of the molecule is O=C(O)c1ccc(Oc2ccc(CCO)cc2)c(Br)c1. The third-order valence-corrected chi connectivity index (χ3v) is 3.35. The lowest BCUT2D eigenvalue weighted by Gasteiger charge is -2.09. The summed E-state index contributed by atoms with van der Waals surface area (Å²) in [5.74, 6) is 0.214. The van der Waals surface area contributed by atoms with Crippen molar-refractivity contribution in [1.29, 1.82) is 0 Å². The fraction of sp³-hybridized carbons (Fsp3) is 0.133. The molecule has 2 aromatic carbocycles. The van der Waals surface area contributed by atoms with E-state index in [2.05, 4.69) is 15.9 Å². The highest BCUT2D eigenvalue weighted by Gasteiger charge is 2.08. The molecule has 0 aliphatic heterocycles. The van der Waals surface area contributed by atoms with E-state index in [1.54, 1.807) is 6.07 Å².